The van der Waals surface area contributed by atoms with Gasteiger partial charge in [-0.1, -0.05) is 13.0 Å². The van der Waals surface area contributed by atoms with Crippen LogP contribution in [0.1, 0.15) is 33.6 Å². The molecule has 0 bridgehead atoms. The first-order chi connectivity index (χ1) is 11.0. The molecule has 0 aromatic rings. The van der Waals surface area contributed by atoms with Crippen molar-refractivity contribution in [2.24, 2.45) is 11.8 Å². The minimum Gasteiger partial charge on any atom is -0.481 e. The van der Waals surface area contributed by atoms with E-state index in [4.69, 9.17) is 0 Å². The second-order valence-corrected chi connectivity index (χ2v) is 6.60. The van der Waals surface area contributed by atoms with Gasteiger partial charge in [0.1, 0.15) is 0 Å². The van der Waals surface area contributed by atoms with Crippen molar-refractivity contribution in [3.8, 4) is 0 Å². The summed E-state index contributed by atoms with van der Waals surface area (Å²) in [5.41, 5.74) is -4.43. The number of carboxylic acids is 1. The largest absolute Gasteiger partial charge is 0.481 e. The van der Waals surface area contributed by atoms with Gasteiger partial charge in [0.2, 0.25) is 5.78 Å². The molecule has 24 heavy (non-hydrogen) atoms. The summed E-state index contributed by atoms with van der Waals surface area (Å²) in [6, 6.07) is 0. The molecule has 0 aliphatic heterocycles. The highest BCUT2D eigenvalue weighted by molar-refractivity contribution is 6.06. The minimum absolute atomic E-state index is 0.0488. The zero-order valence-corrected chi connectivity index (χ0v) is 13.5. The van der Waals surface area contributed by atoms with Crippen LogP contribution in [0, 0.1) is 32.1 Å². The van der Waals surface area contributed by atoms with Crippen molar-refractivity contribution in [2.45, 2.75) is 44.7 Å². The van der Waals surface area contributed by atoms with Crippen LogP contribution in [0.5, 0.6) is 0 Å². The number of fused-ring (bicyclic) bond motifs is 1. The zero-order valence-electron chi connectivity index (χ0n) is 13.5. The van der Waals surface area contributed by atoms with Crippen LogP contribution >= 0.6 is 0 Å². The molecule has 0 aromatic heterocycles. The van der Waals surface area contributed by atoms with E-state index in [0.29, 0.717) is 0 Å². The molecule has 4 atom stereocenters. The van der Waals surface area contributed by atoms with Crippen molar-refractivity contribution in [2.75, 3.05) is 0 Å². The summed E-state index contributed by atoms with van der Waals surface area (Å²) in [4.78, 5) is 45.7. The van der Waals surface area contributed by atoms with Gasteiger partial charge in [-0.05, 0) is 30.9 Å². The van der Waals surface area contributed by atoms with Crippen LogP contribution in [0.15, 0.2) is 23.3 Å². The van der Waals surface area contributed by atoms with Crippen molar-refractivity contribution in [3.05, 3.63) is 43.5 Å². The Morgan fingerprint density at radius 3 is 2.42 bits per heavy atom. The number of carbonyl (C=O) groups is 2. The molecule has 9 nitrogen and oxygen atoms in total. The van der Waals surface area contributed by atoms with Crippen molar-refractivity contribution < 1.29 is 24.5 Å². The highest BCUT2D eigenvalue weighted by atomic mass is 16.7. The van der Waals surface area contributed by atoms with E-state index >= 15 is 0 Å². The molecule has 0 radical (unpaired) electrons. The molecule has 0 spiro atoms. The summed E-state index contributed by atoms with van der Waals surface area (Å²) in [5, 5.41) is 32.8. The molecule has 9 heteroatoms. The van der Waals surface area contributed by atoms with E-state index in [1.54, 1.807) is 0 Å². The van der Waals surface area contributed by atoms with Crippen molar-refractivity contribution in [3.63, 3.8) is 0 Å². The Labute approximate surface area is 137 Å². The highest BCUT2D eigenvalue weighted by Crippen LogP contribution is 2.50. The molecule has 0 saturated heterocycles. The topological polar surface area (TPSA) is 141 Å². The van der Waals surface area contributed by atoms with Crippen LogP contribution in [-0.2, 0) is 9.59 Å². The highest BCUT2D eigenvalue weighted by Gasteiger charge is 2.76. The average Bonchev–Trinajstić information content (AvgIpc) is 2.64. The van der Waals surface area contributed by atoms with Gasteiger partial charge in [0.25, 0.3) is 5.54 Å². The fraction of sp³-hybridized carbons (Fsp3) is 0.600. The Morgan fingerprint density at radius 2 is 1.96 bits per heavy atom. The molecule has 2 aliphatic carbocycles. The smallest absolute Gasteiger partial charge is 0.375 e. The van der Waals surface area contributed by atoms with E-state index in [1.165, 1.54) is 19.9 Å². The lowest BCUT2D eigenvalue weighted by atomic mass is 9.71. The van der Waals surface area contributed by atoms with Crippen molar-refractivity contribution >= 4 is 11.8 Å². The first-order valence-corrected chi connectivity index (χ1v) is 7.47. The Morgan fingerprint density at radius 1 is 1.38 bits per heavy atom. The number of hydrogen-bond donors (Lipinski definition) is 1. The molecule has 4 unspecified atom stereocenters. The summed E-state index contributed by atoms with van der Waals surface area (Å²) in [6.07, 6.45) is 2.23. The van der Waals surface area contributed by atoms with E-state index in [9.17, 15) is 34.9 Å². The van der Waals surface area contributed by atoms with Gasteiger partial charge in [0.15, 0.2) is 0 Å². The number of rotatable bonds is 4. The Bertz CT molecular complexity index is 711. The molecule has 0 amide bonds. The van der Waals surface area contributed by atoms with Crippen LogP contribution < -0.4 is 0 Å². The number of aliphatic carboxylic acids is 1. The second kappa shape index (κ2) is 5.50. The SMILES string of the molecule is CC1=CC(=O)C2([N+](=O)[O-])C1=CC(C(C)C(=O)O)CCC2(C)[N+](=O)[O-]. The lowest BCUT2D eigenvalue weighted by molar-refractivity contribution is -0.661. The predicted molar refractivity (Wildman–Crippen MR) is 81.5 cm³/mol. The predicted octanol–water partition coefficient (Wildman–Crippen LogP) is 1.62. The zero-order chi connectivity index (χ0) is 18.4. The van der Waals surface area contributed by atoms with E-state index < -0.39 is 44.5 Å². The third kappa shape index (κ3) is 2.07. The summed E-state index contributed by atoms with van der Waals surface area (Å²) < 4.78 is 0. The Balaban J connectivity index is 2.77. The van der Waals surface area contributed by atoms with Crippen LogP contribution in [0.25, 0.3) is 0 Å². The fourth-order valence-electron chi connectivity index (χ4n) is 3.72. The quantitative estimate of drug-likeness (QED) is 0.606. The van der Waals surface area contributed by atoms with Crippen molar-refractivity contribution in [1.29, 1.82) is 0 Å². The molecular formula is C15H18N2O7. The standard InChI is InChI=1S/C15H18N2O7/c1-8-6-12(18)15(17(23)24)11(8)7-10(9(2)13(19)20)4-5-14(15,3)16(21)22/h6-7,9-10H,4-5H2,1-3H3,(H,19,20). The molecular weight excluding hydrogens is 320 g/mol. The number of allylic oxidation sites excluding steroid dienone is 1. The van der Waals surface area contributed by atoms with Gasteiger partial charge in [-0.15, -0.1) is 0 Å². The number of carbonyl (C=O) groups excluding carboxylic acids is 1. The lowest BCUT2D eigenvalue weighted by Crippen LogP contribution is -2.65. The average molecular weight is 338 g/mol. The molecule has 0 aromatic carbocycles. The second-order valence-electron chi connectivity index (χ2n) is 6.60. The monoisotopic (exact) mass is 338 g/mol. The Hall–Kier alpha value is -2.58. The fourth-order valence-corrected chi connectivity index (χ4v) is 3.72. The molecule has 0 saturated carbocycles. The molecule has 1 N–H and O–H groups in total. The van der Waals surface area contributed by atoms with E-state index in [0.717, 1.165) is 13.0 Å². The van der Waals surface area contributed by atoms with Gasteiger partial charge in [0, 0.05) is 28.8 Å². The number of nitro groups is 2. The first kappa shape index (κ1) is 17.8. The molecule has 0 fully saturated rings. The molecule has 130 valence electrons. The molecule has 2 aliphatic rings. The maximum atomic E-state index is 12.5. The summed E-state index contributed by atoms with van der Waals surface area (Å²) in [5.74, 6) is -3.54. The van der Waals surface area contributed by atoms with E-state index in [-0.39, 0.29) is 24.0 Å². The summed E-state index contributed by atoms with van der Waals surface area (Å²) >= 11 is 0. The third-order valence-electron chi connectivity index (χ3n) is 5.35. The molecule has 0 heterocycles. The number of nitrogens with zero attached hydrogens (tertiary/aromatic N) is 2. The van der Waals surface area contributed by atoms with Gasteiger partial charge in [0.05, 0.1) is 5.92 Å². The van der Waals surface area contributed by atoms with Crippen LogP contribution in [0.3, 0.4) is 0 Å². The summed E-state index contributed by atoms with van der Waals surface area (Å²) in [7, 11) is 0. The van der Waals surface area contributed by atoms with Gasteiger partial charge in [-0.25, -0.2) is 0 Å². The maximum Gasteiger partial charge on any atom is 0.375 e. The van der Waals surface area contributed by atoms with Gasteiger partial charge in [-0.2, -0.15) is 0 Å². The van der Waals surface area contributed by atoms with Gasteiger partial charge in [-0.3, -0.25) is 29.8 Å². The number of ketones is 1. The lowest BCUT2D eigenvalue weighted by Gasteiger charge is -2.31. The molecule has 2 rings (SSSR count). The number of hydrogen-bond acceptors (Lipinski definition) is 6. The van der Waals surface area contributed by atoms with Gasteiger partial charge < -0.3 is 5.11 Å². The van der Waals surface area contributed by atoms with Crippen LogP contribution in [-0.4, -0.2) is 37.8 Å². The summed E-state index contributed by atoms with van der Waals surface area (Å²) in [6.45, 7) is 4.02. The first-order valence-electron chi connectivity index (χ1n) is 7.47. The van der Waals surface area contributed by atoms with E-state index in [1.807, 2.05) is 0 Å². The normalized spacial score (nSPS) is 33.8. The Kier molecular flexibility index (Phi) is 4.07. The van der Waals surface area contributed by atoms with E-state index in [2.05, 4.69) is 0 Å². The van der Waals surface area contributed by atoms with Gasteiger partial charge >= 0.3 is 11.5 Å². The van der Waals surface area contributed by atoms with Crippen LogP contribution in [0.4, 0.5) is 0 Å². The van der Waals surface area contributed by atoms with Crippen molar-refractivity contribution in [1.82, 2.24) is 0 Å². The number of carboxylic acid groups (broad SMARTS) is 1. The third-order valence-corrected chi connectivity index (χ3v) is 5.35. The minimum atomic E-state index is -2.51. The maximum absolute atomic E-state index is 12.5. The van der Waals surface area contributed by atoms with Crippen LogP contribution in [0.2, 0.25) is 0 Å².